The number of piperidine rings is 2. The zero-order chi connectivity index (χ0) is 15.3. The second kappa shape index (κ2) is 5.22. The van der Waals surface area contributed by atoms with E-state index in [1.54, 1.807) is 0 Å². The molecule has 0 spiro atoms. The number of amides is 2. The lowest BCUT2D eigenvalue weighted by Crippen LogP contribution is -2.59. The Morgan fingerprint density at radius 2 is 1.86 bits per heavy atom. The highest BCUT2D eigenvalue weighted by molar-refractivity contribution is 5.85. The van der Waals surface area contributed by atoms with E-state index in [2.05, 4.69) is 4.90 Å². The van der Waals surface area contributed by atoms with Crippen molar-refractivity contribution < 1.29 is 14.7 Å². The summed E-state index contributed by atoms with van der Waals surface area (Å²) < 4.78 is 0. The van der Waals surface area contributed by atoms with E-state index in [1.165, 1.54) is 0 Å². The van der Waals surface area contributed by atoms with Crippen LogP contribution in [0.15, 0.2) is 0 Å². The number of hydrogen-bond acceptors (Lipinski definition) is 3. The maximum Gasteiger partial charge on any atom is 0.254 e. The van der Waals surface area contributed by atoms with Crippen molar-refractivity contribution in [2.24, 2.45) is 5.92 Å². The summed E-state index contributed by atoms with van der Waals surface area (Å²) in [6.07, 6.45) is 7.84. The Labute approximate surface area is 131 Å². The molecule has 22 heavy (non-hydrogen) atoms. The highest BCUT2D eigenvalue weighted by Crippen LogP contribution is 2.40. The van der Waals surface area contributed by atoms with Gasteiger partial charge in [0.25, 0.3) is 5.91 Å². The summed E-state index contributed by atoms with van der Waals surface area (Å²) in [5.74, 6) is 0.664. The molecule has 0 radical (unpaired) electrons. The van der Waals surface area contributed by atoms with E-state index >= 15 is 0 Å². The van der Waals surface area contributed by atoms with Crippen molar-refractivity contribution in [3.63, 3.8) is 0 Å². The molecule has 0 unspecified atom stereocenters. The van der Waals surface area contributed by atoms with Gasteiger partial charge < -0.3 is 14.9 Å². The monoisotopic (exact) mass is 306 g/mol. The molecule has 2 aliphatic heterocycles. The minimum atomic E-state index is -1.10. The SMILES string of the molecule is O=C1CC[C@@H]2CN(C(=O)C3(O)CCCC3)CC[C@@H]2N1C1CC1. The van der Waals surface area contributed by atoms with Gasteiger partial charge in [-0.3, -0.25) is 9.59 Å². The first-order chi connectivity index (χ1) is 10.6. The van der Waals surface area contributed by atoms with Crippen molar-refractivity contribution in [2.75, 3.05) is 13.1 Å². The topological polar surface area (TPSA) is 60.9 Å². The molecule has 4 fully saturated rings. The largest absolute Gasteiger partial charge is 0.380 e. The van der Waals surface area contributed by atoms with Gasteiger partial charge in [-0.15, -0.1) is 0 Å². The number of aliphatic hydroxyl groups is 1. The summed E-state index contributed by atoms with van der Waals surface area (Å²) in [5.41, 5.74) is -1.10. The third kappa shape index (κ3) is 2.34. The van der Waals surface area contributed by atoms with Gasteiger partial charge in [0.1, 0.15) is 5.60 Å². The Balaban J connectivity index is 1.45. The quantitative estimate of drug-likeness (QED) is 0.836. The van der Waals surface area contributed by atoms with Crippen molar-refractivity contribution in [2.45, 2.75) is 75.5 Å². The normalized spacial score (nSPS) is 34.7. The third-order valence-corrected chi connectivity index (χ3v) is 6.12. The molecule has 122 valence electrons. The molecule has 4 rings (SSSR count). The van der Waals surface area contributed by atoms with Crippen molar-refractivity contribution in [3.8, 4) is 0 Å². The maximum atomic E-state index is 12.7. The molecule has 4 aliphatic rings. The van der Waals surface area contributed by atoms with E-state index in [9.17, 15) is 14.7 Å². The second-order valence-electron chi connectivity index (χ2n) is 7.68. The zero-order valence-corrected chi connectivity index (χ0v) is 13.2. The number of nitrogens with zero attached hydrogens (tertiary/aromatic N) is 2. The van der Waals surface area contributed by atoms with Crippen molar-refractivity contribution in [1.82, 2.24) is 9.80 Å². The van der Waals surface area contributed by atoms with Crippen LogP contribution in [0.2, 0.25) is 0 Å². The van der Waals surface area contributed by atoms with Gasteiger partial charge in [-0.05, 0) is 57.3 Å². The van der Waals surface area contributed by atoms with Crippen molar-refractivity contribution >= 4 is 11.8 Å². The fourth-order valence-electron chi connectivity index (χ4n) is 4.77. The number of rotatable bonds is 2. The van der Waals surface area contributed by atoms with Crippen LogP contribution < -0.4 is 0 Å². The standard InChI is InChI=1S/C17H26N2O3/c20-15-6-3-12-11-18(16(21)17(22)8-1-2-9-17)10-7-14(12)19(15)13-4-5-13/h12-14,22H,1-11H2/t12-,14+/m1/s1. The maximum absolute atomic E-state index is 12.7. The van der Waals surface area contributed by atoms with Crippen LogP contribution in [0.4, 0.5) is 0 Å². The van der Waals surface area contributed by atoms with Crippen LogP contribution >= 0.6 is 0 Å². The molecule has 2 amide bonds. The minimum Gasteiger partial charge on any atom is -0.380 e. The molecule has 2 saturated heterocycles. The molecular formula is C17H26N2O3. The smallest absolute Gasteiger partial charge is 0.254 e. The molecule has 2 heterocycles. The van der Waals surface area contributed by atoms with E-state index in [4.69, 9.17) is 0 Å². The van der Waals surface area contributed by atoms with E-state index < -0.39 is 5.60 Å². The molecule has 2 saturated carbocycles. The molecule has 0 aromatic heterocycles. The lowest BCUT2D eigenvalue weighted by molar-refractivity contribution is -0.156. The van der Waals surface area contributed by atoms with Crippen LogP contribution in [0, 0.1) is 5.92 Å². The Kier molecular flexibility index (Phi) is 3.44. The van der Waals surface area contributed by atoms with Crippen LogP contribution in [0.5, 0.6) is 0 Å². The first-order valence-corrected chi connectivity index (χ1v) is 8.91. The predicted molar refractivity (Wildman–Crippen MR) is 81.0 cm³/mol. The van der Waals surface area contributed by atoms with Crippen LogP contribution in [0.25, 0.3) is 0 Å². The van der Waals surface area contributed by atoms with Gasteiger partial charge in [0, 0.05) is 31.6 Å². The van der Waals surface area contributed by atoms with Crippen LogP contribution in [0.1, 0.15) is 57.8 Å². The van der Waals surface area contributed by atoms with Gasteiger partial charge in [0.2, 0.25) is 5.91 Å². The summed E-state index contributed by atoms with van der Waals surface area (Å²) >= 11 is 0. The minimum absolute atomic E-state index is 0.0571. The van der Waals surface area contributed by atoms with E-state index in [0.717, 1.165) is 45.1 Å². The second-order valence-corrected chi connectivity index (χ2v) is 7.68. The lowest BCUT2D eigenvalue weighted by atomic mass is 9.82. The summed E-state index contributed by atoms with van der Waals surface area (Å²) in [4.78, 5) is 28.9. The molecule has 5 nitrogen and oxygen atoms in total. The molecule has 0 aromatic carbocycles. The Morgan fingerprint density at radius 3 is 2.55 bits per heavy atom. The van der Waals surface area contributed by atoms with E-state index in [-0.39, 0.29) is 5.91 Å². The number of carbonyl (C=O) groups is 2. The molecule has 2 aliphatic carbocycles. The average Bonchev–Trinajstić information content (AvgIpc) is 3.26. The van der Waals surface area contributed by atoms with Gasteiger partial charge in [-0.25, -0.2) is 0 Å². The Bertz CT molecular complexity index is 482. The molecular weight excluding hydrogens is 280 g/mol. The van der Waals surface area contributed by atoms with Crippen LogP contribution in [-0.2, 0) is 9.59 Å². The summed E-state index contributed by atoms with van der Waals surface area (Å²) in [6, 6.07) is 0.803. The number of hydrogen-bond donors (Lipinski definition) is 1. The number of likely N-dealkylation sites (tertiary alicyclic amines) is 2. The molecule has 5 heteroatoms. The molecule has 2 atom stereocenters. The fraction of sp³-hybridized carbons (Fsp3) is 0.882. The predicted octanol–water partition coefficient (Wildman–Crippen LogP) is 1.29. The van der Waals surface area contributed by atoms with Gasteiger partial charge in [-0.2, -0.15) is 0 Å². The highest BCUT2D eigenvalue weighted by Gasteiger charge is 2.48. The third-order valence-electron chi connectivity index (χ3n) is 6.12. The van der Waals surface area contributed by atoms with Gasteiger partial charge in [0.15, 0.2) is 0 Å². The molecule has 1 N–H and O–H groups in total. The van der Waals surface area contributed by atoms with Gasteiger partial charge in [0.05, 0.1) is 0 Å². The Hall–Kier alpha value is -1.10. The highest BCUT2D eigenvalue weighted by atomic mass is 16.3. The summed E-state index contributed by atoms with van der Waals surface area (Å²) in [6.45, 7) is 1.42. The Morgan fingerprint density at radius 1 is 1.14 bits per heavy atom. The van der Waals surface area contributed by atoms with Gasteiger partial charge >= 0.3 is 0 Å². The molecule has 0 aromatic rings. The number of carbonyl (C=O) groups excluding carboxylic acids is 2. The summed E-state index contributed by atoms with van der Waals surface area (Å²) in [5, 5.41) is 10.5. The number of fused-ring (bicyclic) bond motifs is 1. The van der Waals surface area contributed by atoms with Crippen LogP contribution in [-0.4, -0.2) is 57.5 Å². The van der Waals surface area contributed by atoms with E-state index in [1.807, 2.05) is 4.90 Å². The molecule has 0 bridgehead atoms. The average molecular weight is 306 g/mol. The lowest BCUT2D eigenvalue weighted by Gasteiger charge is -2.48. The van der Waals surface area contributed by atoms with E-state index in [0.29, 0.717) is 49.7 Å². The van der Waals surface area contributed by atoms with Gasteiger partial charge in [-0.1, -0.05) is 0 Å². The van der Waals surface area contributed by atoms with Crippen LogP contribution in [0.3, 0.4) is 0 Å². The van der Waals surface area contributed by atoms with Crippen molar-refractivity contribution in [3.05, 3.63) is 0 Å². The fourth-order valence-corrected chi connectivity index (χ4v) is 4.77. The first-order valence-electron chi connectivity index (χ1n) is 8.91. The van der Waals surface area contributed by atoms with Crippen molar-refractivity contribution in [1.29, 1.82) is 0 Å². The summed E-state index contributed by atoms with van der Waals surface area (Å²) in [7, 11) is 0. The first kappa shape index (κ1) is 14.5. The zero-order valence-electron chi connectivity index (χ0n) is 13.2.